The number of nitrogens with zero attached hydrogens (tertiary/aromatic N) is 4. The van der Waals surface area contributed by atoms with Crippen LogP contribution in [-0.4, -0.2) is 25.7 Å². The van der Waals surface area contributed by atoms with Gasteiger partial charge in [0.25, 0.3) is 5.91 Å². The molecule has 0 aliphatic heterocycles. The van der Waals surface area contributed by atoms with Crippen molar-refractivity contribution in [2.45, 2.75) is 13.1 Å². The number of carbonyl (C=O) groups excluding carboxylic acids is 1. The number of aromatic nitrogens is 4. The Balaban J connectivity index is 1.57. The van der Waals surface area contributed by atoms with E-state index in [0.29, 0.717) is 30.5 Å². The summed E-state index contributed by atoms with van der Waals surface area (Å²) in [7, 11) is 0. The molecule has 0 saturated carbocycles. The van der Waals surface area contributed by atoms with Crippen LogP contribution in [0.15, 0.2) is 59.6 Å². The summed E-state index contributed by atoms with van der Waals surface area (Å²) in [4.78, 5) is 23.6. The lowest BCUT2D eigenvalue weighted by Gasteiger charge is -2.05. The zero-order chi connectivity index (χ0) is 18.5. The van der Waals surface area contributed by atoms with E-state index in [1.165, 1.54) is 10.9 Å². The van der Waals surface area contributed by atoms with Gasteiger partial charge in [-0.15, -0.1) is 27.8 Å². The van der Waals surface area contributed by atoms with Gasteiger partial charge < -0.3 is 10.6 Å². The molecule has 0 amide bonds. The zero-order valence-corrected chi connectivity index (χ0v) is 15.8. The van der Waals surface area contributed by atoms with Gasteiger partial charge in [-0.05, 0) is 35.0 Å². The molecular weight excluding hydrogens is 380 g/mol. The first kappa shape index (κ1) is 17.4. The lowest BCUT2D eigenvalue weighted by atomic mass is 10.3. The predicted molar refractivity (Wildman–Crippen MR) is 107 cm³/mol. The van der Waals surface area contributed by atoms with Crippen molar-refractivity contribution in [3.05, 3.63) is 74.9 Å². The highest BCUT2D eigenvalue weighted by molar-refractivity contribution is 7.10. The molecule has 0 aliphatic carbocycles. The molecule has 4 heterocycles. The van der Waals surface area contributed by atoms with E-state index in [1.807, 2.05) is 35.0 Å². The number of carbonyl (C=O) groups is 1. The van der Waals surface area contributed by atoms with Gasteiger partial charge in [-0.1, -0.05) is 12.1 Å². The van der Waals surface area contributed by atoms with E-state index in [4.69, 9.17) is 0 Å². The van der Waals surface area contributed by atoms with Crippen molar-refractivity contribution in [2.24, 2.45) is 0 Å². The lowest BCUT2D eigenvalue weighted by molar-refractivity contribution is 0.0947. The molecule has 4 aromatic heterocycles. The third-order valence-corrected chi connectivity index (χ3v) is 5.46. The molecule has 2 N–H and O–H groups in total. The fraction of sp³-hybridized carbons (Fsp3) is 0.111. The van der Waals surface area contributed by atoms with Gasteiger partial charge in [-0.3, -0.25) is 9.78 Å². The molecule has 0 radical (unpaired) electrons. The highest BCUT2D eigenvalue weighted by Crippen LogP contribution is 2.17. The van der Waals surface area contributed by atoms with Gasteiger partial charge in [-0.25, -0.2) is 0 Å². The lowest BCUT2D eigenvalue weighted by Crippen LogP contribution is -2.17. The Labute approximate surface area is 163 Å². The van der Waals surface area contributed by atoms with Crippen LogP contribution in [0, 0.1) is 0 Å². The Morgan fingerprint density at radius 3 is 2.37 bits per heavy atom. The van der Waals surface area contributed by atoms with Crippen molar-refractivity contribution < 1.29 is 4.79 Å². The predicted octanol–water partition coefficient (Wildman–Crippen LogP) is 3.71. The summed E-state index contributed by atoms with van der Waals surface area (Å²) in [5.41, 5.74) is 0.450. The molecule has 0 aliphatic rings. The summed E-state index contributed by atoms with van der Waals surface area (Å²) in [5.74, 6) is 0.508. The third kappa shape index (κ3) is 4.21. The van der Waals surface area contributed by atoms with Crippen molar-refractivity contribution in [1.82, 2.24) is 19.7 Å². The van der Waals surface area contributed by atoms with Crippen LogP contribution in [0.5, 0.6) is 0 Å². The second-order valence-electron chi connectivity index (χ2n) is 5.58. The van der Waals surface area contributed by atoms with Gasteiger partial charge in [0.15, 0.2) is 0 Å². The summed E-state index contributed by atoms with van der Waals surface area (Å²) in [6.07, 6.45) is 3.15. The van der Waals surface area contributed by atoms with Gasteiger partial charge >= 0.3 is 0 Å². The molecule has 27 heavy (non-hydrogen) atoms. The smallest absolute Gasteiger partial charge is 0.283 e. The molecule has 4 aromatic rings. The zero-order valence-electron chi connectivity index (χ0n) is 14.2. The maximum absolute atomic E-state index is 12.8. The van der Waals surface area contributed by atoms with Gasteiger partial charge in [0, 0.05) is 22.1 Å². The highest BCUT2D eigenvalue weighted by atomic mass is 32.1. The van der Waals surface area contributed by atoms with Crippen LogP contribution in [0.3, 0.4) is 0 Å². The summed E-state index contributed by atoms with van der Waals surface area (Å²) < 4.78 is 1.28. The molecule has 0 saturated heterocycles. The number of pyridine rings is 1. The highest BCUT2D eigenvalue weighted by Gasteiger charge is 2.18. The van der Waals surface area contributed by atoms with Gasteiger partial charge in [0.2, 0.25) is 11.9 Å². The van der Waals surface area contributed by atoms with Crippen LogP contribution >= 0.6 is 22.7 Å². The molecule has 9 heteroatoms. The summed E-state index contributed by atoms with van der Waals surface area (Å²) in [6.45, 7) is 1.17. The summed E-state index contributed by atoms with van der Waals surface area (Å²) >= 11 is 3.29. The van der Waals surface area contributed by atoms with Crippen molar-refractivity contribution in [3.63, 3.8) is 0 Å². The first-order valence-corrected chi connectivity index (χ1v) is 10.00. The molecule has 0 aromatic carbocycles. The standard InChI is InChI=1S/C18H16N6OS2/c25-16(13-4-1-7-19-10-13)24-18(21-12-15-6-3-9-27-15)22-17(23-24)20-11-14-5-2-8-26-14/h1-10H,11-12H2,(H2,20,21,22,23). The van der Waals surface area contributed by atoms with Gasteiger partial charge in [0.1, 0.15) is 0 Å². The Bertz CT molecular complexity index is 996. The minimum absolute atomic E-state index is 0.284. The van der Waals surface area contributed by atoms with E-state index in [1.54, 1.807) is 41.0 Å². The van der Waals surface area contributed by atoms with Crippen LogP contribution < -0.4 is 10.6 Å². The molecule has 7 nitrogen and oxygen atoms in total. The number of thiophene rings is 2. The number of rotatable bonds is 7. The van der Waals surface area contributed by atoms with Gasteiger partial charge in [-0.2, -0.15) is 9.67 Å². The van der Waals surface area contributed by atoms with E-state index in [0.717, 1.165) is 9.75 Å². The van der Waals surface area contributed by atoms with Crippen LogP contribution in [0.1, 0.15) is 20.1 Å². The van der Waals surface area contributed by atoms with Crippen LogP contribution in [0.25, 0.3) is 0 Å². The number of hydrogen-bond donors (Lipinski definition) is 2. The maximum Gasteiger partial charge on any atom is 0.283 e. The topological polar surface area (TPSA) is 84.7 Å². The summed E-state index contributed by atoms with van der Waals surface area (Å²) in [6, 6.07) is 11.5. The molecule has 0 unspecified atom stereocenters. The molecule has 0 fully saturated rings. The average molecular weight is 397 g/mol. The average Bonchev–Trinajstić information content (AvgIpc) is 3.47. The van der Waals surface area contributed by atoms with E-state index in [-0.39, 0.29) is 5.91 Å². The number of anilines is 2. The first-order chi connectivity index (χ1) is 13.3. The van der Waals surface area contributed by atoms with E-state index in [9.17, 15) is 4.79 Å². The Morgan fingerprint density at radius 2 is 1.74 bits per heavy atom. The van der Waals surface area contributed by atoms with E-state index in [2.05, 4.69) is 25.7 Å². The molecular formula is C18H16N6OS2. The Kier molecular flexibility index (Phi) is 5.22. The Hall–Kier alpha value is -3.04. The van der Waals surface area contributed by atoms with Crippen molar-refractivity contribution in [2.75, 3.05) is 10.6 Å². The second kappa shape index (κ2) is 8.11. The fourth-order valence-corrected chi connectivity index (χ4v) is 3.70. The van der Waals surface area contributed by atoms with Crippen molar-refractivity contribution in [3.8, 4) is 0 Å². The normalized spacial score (nSPS) is 10.7. The second-order valence-corrected chi connectivity index (χ2v) is 7.65. The van der Waals surface area contributed by atoms with Gasteiger partial charge in [0.05, 0.1) is 18.7 Å². The van der Waals surface area contributed by atoms with Crippen molar-refractivity contribution >= 4 is 40.5 Å². The third-order valence-electron chi connectivity index (χ3n) is 3.71. The van der Waals surface area contributed by atoms with E-state index < -0.39 is 0 Å². The number of hydrogen-bond acceptors (Lipinski definition) is 8. The molecule has 0 atom stereocenters. The minimum Gasteiger partial charge on any atom is -0.349 e. The largest absolute Gasteiger partial charge is 0.349 e. The first-order valence-electron chi connectivity index (χ1n) is 8.24. The van der Waals surface area contributed by atoms with E-state index >= 15 is 0 Å². The molecule has 136 valence electrons. The minimum atomic E-state index is -0.284. The van der Waals surface area contributed by atoms with Crippen molar-refractivity contribution in [1.29, 1.82) is 0 Å². The molecule has 0 bridgehead atoms. The van der Waals surface area contributed by atoms with Crippen LogP contribution in [0.2, 0.25) is 0 Å². The number of nitrogens with one attached hydrogen (secondary N) is 2. The molecule has 0 spiro atoms. The summed E-state index contributed by atoms with van der Waals surface area (Å²) in [5, 5.41) is 14.7. The maximum atomic E-state index is 12.8. The molecule has 4 rings (SSSR count). The SMILES string of the molecule is O=C(c1cccnc1)n1nc(NCc2cccs2)nc1NCc1cccs1. The Morgan fingerprint density at radius 1 is 1.00 bits per heavy atom. The quantitative estimate of drug-likeness (QED) is 0.495. The van der Waals surface area contributed by atoms with Crippen LogP contribution in [-0.2, 0) is 13.1 Å². The monoisotopic (exact) mass is 396 g/mol. The fourth-order valence-electron chi connectivity index (χ4n) is 2.41. The van der Waals surface area contributed by atoms with Crippen LogP contribution in [0.4, 0.5) is 11.9 Å².